The van der Waals surface area contributed by atoms with Crippen molar-refractivity contribution in [1.82, 2.24) is 0 Å². The van der Waals surface area contributed by atoms with Gasteiger partial charge >= 0.3 is 0 Å². The predicted octanol–water partition coefficient (Wildman–Crippen LogP) is 4.64. The van der Waals surface area contributed by atoms with Gasteiger partial charge in [-0.05, 0) is 29.6 Å². The molecule has 0 bridgehead atoms. The lowest BCUT2D eigenvalue weighted by atomic mass is 9.96. The van der Waals surface area contributed by atoms with Crippen molar-refractivity contribution in [1.29, 1.82) is 0 Å². The smallest absolute Gasteiger partial charge is 0.127 e. The summed E-state index contributed by atoms with van der Waals surface area (Å²) < 4.78 is 0. The highest BCUT2D eigenvalue weighted by atomic mass is 28.3. The molecule has 0 aliphatic heterocycles. The quantitative estimate of drug-likeness (QED) is 0.482. The normalized spacial score (nSPS) is 12.7. The van der Waals surface area contributed by atoms with Crippen molar-refractivity contribution in [3.63, 3.8) is 0 Å². The Hall–Kier alpha value is -0.483. The van der Waals surface area contributed by atoms with E-state index in [0.29, 0.717) is 0 Å². The molecule has 0 atom stereocenters. The fourth-order valence-corrected chi connectivity index (χ4v) is 3.92. The first-order valence-electron chi connectivity index (χ1n) is 6.09. The van der Waals surface area contributed by atoms with Crippen molar-refractivity contribution in [2.75, 3.05) is 0 Å². The molecular weight excluding hydrogens is 196 g/mol. The first-order valence-corrected chi connectivity index (χ1v) is 8.71. The SMILES string of the molecule is CC[Si](C#C/C=C\C(C)(C)C)(CC)CC. The summed E-state index contributed by atoms with van der Waals surface area (Å²) in [5, 5.41) is 0. The molecule has 0 aliphatic carbocycles. The van der Waals surface area contributed by atoms with Crippen LogP contribution in [0.2, 0.25) is 18.1 Å². The second kappa shape index (κ2) is 6.18. The lowest BCUT2D eigenvalue weighted by Crippen LogP contribution is -2.29. The maximum atomic E-state index is 3.56. The molecule has 0 aliphatic rings. The lowest BCUT2D eigenvalue weighted by Gasteiger charge is -2.19. The summed E-state index contributed by atoms with van der Waals surface area (Å²) in [7, 11) is -1.23. The molecule has 0 unspecified atom stereocenters. The Labute approximate surface area is 97.2 Å². The van der Waals surface area contributed by atoms with Crippen LogP contribution in [0.3, 0.4) is 0 Å². The van der Waals surface area contributed by atoms with Crippen LogP contribution in [0.1, 0.15) is 41.5 Å². The third-order valence-corrected chi connectivity index (χ3v) is 7.77. The lowest BCUT2D eigenvalue weighted by molar-refractivity contribution is 0.544. The van der Waals surface area contributed by atoms with E-state index in [1.54, 1.807) is 0 Å². The zero-order chi connectivity index (χ0) is 11.9. The van der Waals surface area contributed by atoms with Gasteiger partial charge in [-0.15, -0.1) is 5.54 Å². The van der Waals surface area contributed by atoms with Gasteiger partial charge in [0, 0.05) is 0 Å². The summed E-state index contributed by atoms with van der Waals surface area (Å²) >= 11 is 0. The Balaban J connectivity index is 4.56. The number of hydrogen-bond acceptors (Lipinski definition) is 0. The molecule has 0 nitrogen and oxygen atoms in total. The molecule has 0 spiro atoms. The van der Waals surface area contributed by atoms with Crippen molar-refractivity contribution in [3.05, 3.63) is 12.2 Å². The monoisotopic (exact) mass is 222 g/mol. The number of allylic oxidation sites excluding steroid dienone is 2. The highest BCUT2D eigenvalue weighted by Crippen LogP contribution is 2.19. The molecule has 0 aromatic heterocycles. The van der Waals surface area contributed by atoms with E-state index < -0.39 is 8.07 Å². The minimum Gasteiger partial charge on any atom is -0.127 e. The average Bonchev–Trinajstić information content (AvgIpc) is 2.18. The molecule has 0 amide bonds. The highest BCUT2D eigenvalue weighted by molar-refractivity contribution is 6.87. The average molecular weight is 222 g/mol. The summed E-state index contributed by atoms with van der Waals surface area (Å²) in [6.45, 7) is 13.5. The number of rotatable bonds is 3. The molecular formula is C14H26Si. The molecule has 0 rings (SSSR count). The molecule has 0 saturated heterocycles. The van der Waals surface area contributed by atoms with Crippen molar-refractivity contribution in [2.24, 2.45) is 5.41 Å². The summed E-state index contributed by atoms with van der Waals surface area (Å²) in [4.78, 5) is 0. The van der Waals surface area contributed by atoms with Gasteiger partial charge in [-0.3, -0.25) is 0 Å². The van der Waals surface area contributed by atoms with E-state index in [0.717, 1.165) is 0 Å². The van der Waals surface area contributed by atoms with E-state index in [2.05, 4.69) is 59.1 Å². The second-order valence-corrected chi connectivity index (χ2v) is 10.2. The van der Waals surface area contributed by atoms with Gasteiger partial charge in [-0.1, -0.05) is 53.5 Å². The molecule has 0 saturated carbocycles. The second-order valence-electron chi connectivity index (χ2n) is 5.31. The van der Waals surface area contributed by atoms with E-state index in [9.17, 15) is 0 Å². The van der Waals surface area contributed by atoms with E-state index in [-0.39, 0.29) is 5.41 Å². The topological polar surface area (TPSA) is 0 Å². The van der Waals surface area contributed by atoms with Crippen LogP contribution in [0.15, 0.2) is 12.2 Å². The standard InChI is InChI=1S/C14H26Si/c1-7-15(8-2,9-3)13-11-10-12-14(4,5)6/h10,12H,7-9H2,1-6H3/b12-10-. The zero-order valence-corrected chi connectivity index (χ0v) is 12.3. The minimum absolute atomic E-state index is 0.254. The molecule has 0 aromatic carbocycles. The summed E-state index contributed by atoms with van der Waals surface area (Å²) in [6, 6.07) is 3.86. The van der Waals surface area contributed by atoms with Gasteiger partial charge in [0.25, 0.3) is 0 Å². The Morgan fingerprint density at radius 3 is 1.80 bits per heavy atom. The van der Waals surface area contributed by atoms with Crippen molar-refractivity contribution in [3.8, 4) is 11.5 Å². The maximum absolute atomic E-state index is 3.56. The largest absolute Gasteiger partial charge is 0.138 e. The van der Waals surface area contributed by atoms with Gasteiger partial charge < -0.3 is 0 Å². The third-order valence-electron chi connectivity index (χ3n) is 3.03. The highest BCUT2D eigenvalue weighted by Gasteiger charge is 2.23. The van der Waals surface area contributed by atoms with Gasteiger partial charge in [-0.25, -0.2) is 0 Å². The summed E-state index contributed by atoms with van der Waals surface area (Å²) in [5.74, 6) is 3.27. The Morgan fingerprint density at radius 1 is 1.00 bits per heavy atom. The molecule has 0 radical (unpaired) electrons. The summed E-state index contributed by atoms with van der Waals surface area (Å²) in [5.41, 5.74) is 3.81. The van der Waals surface area contributed by atoms with Crippen LogP contribution in [0.25, 0.3) is 0 Å². The van der Waals surface area contributed by atoms with Gasteiger partial charge in [0.05, 0.1) is 0 Å². The number of hydrogen-bond donors (Lipinski definition) is 0. The molecule has 0 heterocycles. The third kappa shape index (κ3) is 5.84. The Bertz CT molecular complexity index is 245. The molecule has 0 aromatic rings. The van der Waals surface area contributed by atoms with Crippen LogP contribution >= 0.6 is 0 Å². The Kier molecular flexibility index (Phi) is 5.98. The fraction of sp³-hybridized carbons (Fsp3) is 0.714. The van der Waals surface area contributed by atoms with E-state index >= 15 is 0 Å². The Morgan fingerprint density at radius 2 is 1.47 bits per heavy atom. The van der Waals surface area contributed by atoms with Crippen molar-refractivity contribution >= 4 is 8.07 Å². The van der Waals surface area contributed by atoms with Crippen molar-refractivity contribution < 1.29 is 0 Å². The molecule has 0 fully saturated rings. The fourth-order valence-electron chi connectivity index (χ4n) is 1.50. The van der Waals surface area contributed by atoms with E-state index in [4.69, 9.17) is 0 Å². The molecule has 86 valence electrons. The van der Waals surface area contributed by atoms with E-state index in [1.165, 1.54) is 18.1 Å². The predicted molar refractivity (Wildman–Crippen MR) is 73.6 cm³/mol. The minimum atomic E-state index is -1.23. The summed E-state index contributed by atoms with van der Waals surface area (Å²) in [6.07, 6.45) is 4.24. The zero-order valence-electron chi connectivity index (χ0n) is 11.3. The molecule has 15 heavy (non-hydrogen) atoms. The van der Waals surface area contributed by atoms with Crippen LogP contribution in [-0.4, -0.2) is 8.07 Å². The van der Waals surface area contributed by atoms with Crippen LogP contribution in [0, 0.1) is 16.9 Å². The van der Waals surface area contributed by atoms with Gasteiger partial charge in [0.1, 0.15) is 8.07 Å². The van der Waals surface area contributed by atoms with Crippen LogP contribution in [0.5, 0.6) is 0 Å². The van der Waals surface area contributed by atoms with Gasteiger partial charge in [0.2, 0.25) is 0 Å². The van der Waals surface area contributed by atoms with Crippen LogP contribution in [-0.2, 0) is 0 Å². The van der Waals surface area contributed by atoms with Gasteiger partial charge in [0.15, 0.2) is 0 Å². The van der Waals surface area contributed by atoms with Crippen molar-refractivity contribution in [2.45, 2.75) is 59.7 Å². The molecule has 0 N–H and O–H groups in total. The first-order chi connectivity index (χ1) is 6.89. The van der Waals surface area contributed by atoms with Gasteiger partial charge in [-0.2, -0.15) is 0 Å². The van der Waals surface area contributed by atoms with E-state index in [1.807, 2.05) is 6.08 Å². The van der Waals surface area contributed by atoms with Crippen LogP contribution in [0.4, 0.5) is 0 Å². The first kappa shape index (κ1) is 14.5. The van der Waals surface area contributed by atoms with Crippen LogP contribution < -0.4 is 0 Å². The maximum Gasteiger partial charge on any atom is 0.138 e. The molecule has 1 heteroatoms.